The van der Waals surface area contributed by atoms with Crippen molar-refractivity contribution in [1.29, 1.82) is 0 Å². The van der Waals surface area contributed by atoms with Crippen LogP contribution in [0.15, 0.2) is 77.4 Å². The fourth-order valence-electron chi connectivity index (χ4n) is 2.75. The summed E-state index contributed by atoms with van der Waals surface area (Å²) in [5.41, 5.74) is 1.94. The molecule has 0 unspecified atom stereocenters. The zero-order valence-electron chi connectivity index (χ0n) is 14.6. The maximum Gasteiger partial charge on any atom is 0.270 e. The van der Waals surface area contributed by atoms with Crippen LogP contribution in [0.25, 0.3) is 16.9 Å². The first-order chi connectivity index (χ1) is 13.6. The van der Waals surface area contributed by atoms with Gasteiger partial charge >= 0.3 is 0 Å². The van der Waals surface area contributed by atoms with Gasteiger partial charge in [-0.2, -0.15) is 5.10 Å². The second-order valence-corrected chi connectivity index (χ2v) is 6.07. The van der Waals surface area contributed by atoms with Crippen LogP contribution in [-0.2, 0) is 6.54 Å². The van der Waals surface area contributed by atoms with Gasteiger partial charge in [0, 0.05) is 5.56 Å². The lowest BCUT2D eigenvalue weighted by Gasteiger charge is -2.07. The molecule has 4 rings (SSSR count). The summed E-state index contributed by atoms with van der Waals surface area (Å²) in [7, 11) is 0. The van der Waals surface area contributed by atoms with Crippen molar-refractivity contribution in [2.45, 2.75) is 6.54 Å². The highest BCUT2D eigenvalue weighted by Crippen LogP contribution is 2.22. The predicted molar refractivity (Wildman–Crippen MR) is 98.8 cm³/mol. The fraction of sp³-hybridized carbons (Fsp3) is 0.0476. The Morgan fingerprint density at radius 1 is 1.00 bits per heavy atom. The van der Waals surface area contributed by atoms with Crippen LogP contribution in [0.2, 0.25) is 0 Å². The molecule has 1 N–H and O–H groups in total. The van der Waals surface area contributed by atoms with Gasteiger partial charge in [0.2, 0.25) is 0 Å². The van der Waals surface area contributed by atoms with E-state index in [1.54, 1.807) is 30.3 Å². The Kier molecular flexibility index (Phi) is 4.72. The number of furan rings is 1. The summed E-state index contributed by atoms with van der Waals surface area (Å²) in [6, 6.07) is 16.5. The van der Waals surface area contributed by atoms with Crippen LogP contribution in [0.5, 0.6) is 0 Å². The van der Waals surface area contributed by atoms with Crippen LogP contribution >= 0.6 is 0 Å². The van der Waals surface area contributed by atoms with Crippen molar-refractivity contribution in [3.8, 4) is 16.9 Å². The molecule has 2 heterocycles. The van der Waals surface area contributed by atoms with Gasteiger partial charge in [0.1, 0.15) is 23.1 Å². The molecule has 28 heavy (non-hydrogen) atoms. The second-order valence-electron chi connectivity index (χ2n) is 6.07. The Morgan fingerprint density at radius 2 is 1.68 bits per heavy atom. The number of carbonyl (C=O) groups excluding carboxylic acids is 1. The van der Waals surface area contributed by atoms with Gasteiger partial charge in [0.15, 0.2) is 0 Å². The molecule has 1 amide bonds. The summed E-state index contributed by atoms with van der Waals surface area (Å²) >= 11 is 0. The monoisotopic (exact) mass is 379 g/mol. The third-order valence-electron chi connectivity index (χ3n) is 4.16. The molecular weight excluding hydrogens is 364 g/mol. The first-order valence-electron chi connectivity index (χ1n) is 8.53. The van der Waals surface area contributed by atoms with Crippen molar-refractivity contribution < 1.29 is 18.0 Å². The minimum absolute atomic E-state index is 0.215. The molecular formula is C21H15F2N3O2. The van der Waals surface area contributed by atoms with Gasteiger partial charge < -0.3 is 9.73 Å². The molecule has 140 valence electrons. The van der Waals surface area contributed by atoms with Crippen molar-refractivity contribution in [3.05, 3.63) is 96.1 Å². The molecule has 0 saturated heterocycles. The minimum atomic E-state index is -0.390. The number of amides is 1. The first kappa shape index (κ1) is 17.7. The lowest BCUT2D eigenvalue weighted by atomic mass is 10.1. The molecule has 0 aliphatic heterocycles. The first-order valence-corrected chi connectivity index (χ1v) is 8.53. The minimum Gasteiger partial charge on any atom is -0.467 e. The molecule has 0 saturated carbocycles. The van der Waals surface area contributed by atoms with Gasteiger partial charge in [-0.3, -0.25) is 4.79 Å². The van der Waals surface area contributed by atoms with Crippen LogP contribution in [0.4, 0.5) is 8.78 Å². The summed E-state index contributed by atoms with van der Waals surface area (Å²) in [5, 5.41) is 7.23. The quantitative estimate of drug-likeness (QED) is 0.561. The lowest BCUT2D eigenvalue weighted by molar-refractivity contribution is 0.0940. The van der Waals surface area contributed by atoms with Crippen molar-refractivity contribution in [3.63, 3.8) is 0 Å². The maximum absolute atomic E-state index is 13.3. The Morgan fingerprint density at radius 3 is 2.32 bits per heavy atom. The van der Waals surface area contributed by atoms with Crippen LogP contribution in [-0.4, -0.2) is 15.7 Å². The summed E-state index contributed by atoms with van der Waals surface area (Å²) in [4.78, 5) is 12.8. The molecule has 7 heteroatoms. The number of nitrogens with one attached hydrogen (secondary N) is 1. The molecule has 0 radical (unpaired) electrons. The highest BCUT2D eigenvalue weighted by molar-refractivity contribution is 5.94. The van der Waals surface area contributed by atoms with Gasteiger partial charge in [0.05, 0.1) is 24.2 Å². The van der Waals surface area contributed by atoms with E-state index >= 15 is 0 Å². The van der Waals surface area contributed by atoms with Crippen LogP contribution in [0.1, 0.15) is 16.2 Å². The number of carbonyl (C=O) groups is 1. The predicted octanol–water partition coefficient (Wildman–Crippen LogP) is 4.34. The number of rotatable bonds is 5. The number of nitrogens with zero attached hydrogens (tertiary/aromatic N) is 2. The molecule has 2 aromatic carbocycles. The highest BCUT2D eigenvalue weighted by atomic mass is 19.1. The molecule has 0 spiro atoms. The fourth-order valence-corrected chi connectivity index (χ4v) is 2.75. The third-order valence-corrected chi connectivity index (χ3v) is 4.16. The van der Waals surface area contributed by atoms with E-state index in [1.807, 2.05) is 0 Å². The molecule has 5 nitrogen and oxygen atoms in total. The Balaban J connectivity index is 1.70. The van der Waals surface area contributed by atoms with Gasteiger partial charge in [-0.05, 0) is 66.7 Å². The normalized spacial score (nSPS) is 10.8. The SMILES string of the molecule is O=C(NCc1ccco1)c1cc(-c2ccc(F)cc2)nn1-c1ccc(F)cc1. The smallest absolute Gasteiger partial charge is 0.270 e. The van der Waals surface area contributed by atoms with E-state index in [1.165, 1.54) is 47.3 Å². The van der Waals surface area contributed by atoms with Crippen LogP contribution < -0.4 is 5.32 Å². The van der Waals surface area contributed by atoms with Crippen molar-refractivity contribution >= 4 is 5.91 Å². The Bertz CT molecular complexity index is 1090. The van der Waals surface area contributed by atoms with E-state index in [4.69, 9.17) is 4.42 Å². The zero-order valence-corrected chi connectivity index (χ0v) is 14.6. The van der Waals surface area contributed by atoms with Gasteiger partial charge in [-0.15, -0.1) is 0 Å². The van der Waals surface area contributed by atoms with Gasteiger partial charge in [-0.1, -0.05) is 0 Å². The summed E-state index contributed by atoms with van der Waals surface area (Å²) < 4.78 is 33.2. The number of halogens is 2. The van der Waals surface area contributed by atoms with Crippen molar-refractivity contribution in [1.82, 2.24) is 15.1 Å². The Labute approximate surface area is 159 Å². The number of benzene rings is 2. The average Bonchev–Trinajstić information content (AvgIpc) is 3.37. The number of hydrogen-bond donors (Lipinski definition) is 1. The van der Waals surface area contributed by atoms with E-state index in [2.05, 4.69) is 10.4 Å². The standard InChI is InChI=1S/C21H15F2N3O2/c22-15-5-3-14(4-6-15)19-12-20(21(27)24-13-18-2-1-11-28-18)26(25-19)17-9-7-16(23)8-10-17/h1-12H,13H2,(H,24,27). The van der Waals surface area contributed by atoms with Crippen LogP contribution in [0.3, 0.4) is 0 Å². The molecule has 0 aliphatic carbocycles. The lowest BCUT2D eigenvalue weighted by Crippen LogP contribution is -2.25. The third kappa shape index (κ3) is 3.68. The average molecular weight is 379 g/mol. The van der Waals surface area contributed by atoms with E-state index in [0.717, 1.165) is 0 Å². The molecule has 0 fully saturated rings. The molecule has 0 atom stereocenters. The summed E-state index contributed by atoms with van der Waals surface area (Å²) in [5.74, 6) is -0.516. The second kappa shape index (κ2) is 7.48. The van der Waals surface area contributed by atoms with Crippen molar-refractivity contribution in [2.24, 2.45) is 0 Å². The molecule has 0 bridgehead atoms. The topological polar surface area (TPSA) is 60.1 Å². The van der Waals surface area contributed by atoms with E-state index in [9.17, 15) is 13.6 Å². The Hall–Kier alpha value is -3.74. The van der Waals surface area contributed by atoms with Crippen molar-refractivity contribution in [2.75, 3.05) is 0 Å². The number of hydrogen-bond acceptors (Lipinski definition) is 3. The number of aromatic nitrogens is 2. The van der Waals surface area contributed by atoms with E-state index in [-0.39, 0.29) is 24.0 Å². The highest BCUT2D eigenvalue weighted by Gasteiger charge is 2.18. The zero-order chi connectivity index (χ0) is 19.5. The molecule has 4 aromatic rings. The van der Waals surface area contributed by atoms with E-state index < -0.39 is 5.82 Å². The molecule has 2 aromatic heterocycles. The maximum atomic E-state index is 13.3. The largest absolute Gasteiger partial charge is 0.467 e. The summed E-state index contributed by atoms with van der Waals surface area (Å²) in [6.45, 7) is 0.215. The van der Waals surface area contributed by atoms with Crippen LogP contribution in [0, 0.1) is 11.6 Å². The van der Waals surface area contributed by atoms with Gasteiger partial charge in [0.25, 0.3) is 5.91 Å². The van der Waals surface area contributed by atoms with Gasteiger partial charge in [-0.25, -0.2) is 13.5 Å². The molecule has 0 aliphatic rings. The summed E-state index contributed by atoms with van der Waals surface area (Å²) in [6.07, 6.45) is 1.52. The van der Waals surface area contributed by atoms with E-state index in [0.29, 0.717) is 22.7 Å².